The van der Waals surface area contributed by atoms with E-state index >= 15 is 0 Å². The zero-order valence-corrected chi connectivity index (χ0v) is 6.39. The molecular formula is C8H11N3. The Morgan fingerprint density at radius 2 is 2.27 bits per heavy atom. The maximum atomic E-state index is 7.08. The largest absolute Gasteiger partial charge is 0.398 e. The molecule has 0 saturated carbocycles. The first-order valence-electron chi connectivity index (χ1n) is 3.36. The molecule has 0 aliphatic rings. The molecule has 3 nitrogen and oxygen atoms in total. The highest BCUT2D eigenvalue weighted by molar-refractivity contribution is 5.92. The number of hydrogen-bond acceptors (Lipinski definition) is 3. The van der Waals surface area contributed by atoms with Gasteiger partial charge in [0, 0.05) is 30.2 Å². The second-order valence-corrected chi connectivity index (χ2v) is 2.20. The molecule has 0 bridgehead atoms. The molecule has 0 heterocycles. The van der Waals surface area contributed by atoms with Gasteiger partial charge in [0.15, 0.2) is 0 Å². The number of rotatable bonds is 2. The van der Waals surface area contributed by atoms with Crippen molar-refractivity contribution in [3.63, 3.8) is 0 Å². The van der Waals surface area contributed by atoms with E-state index < -0.39 is 0 Å². The van der Waals surface area contributed by atoms with Crippen LogP contribution in [0.25, 0.3) is 0 Å². The molecule has 0 radical (unpaired) electrons. The predicted molar refractivity (Wildman–Crippen MR) is 48.3 cm³/mol. The summed E-state index contributed by atoms with van der Waals surface area (Å²) in [5.41, 5.74) is 7.88. The number of nitrogens with two attached hydrogens (primary N) is 1. The summed E-state index contributed by atoms with van der Waals surface area (Å²) >= 11 is 0. The second kappa shape index (κ2) is 3.05. The van der Waals surface area contributed by atoms with Gasteiger partial charge >= 0.3 is 0 Å². The Morgan fingerprint density at radius 3 is 2.73 bits per heavy atom. The molecule has 0 atom stereocenters. The zero-order valence-electron chi connectivity index (χ0n) is 6.39. The Balaban J connectivity index is 3.24. The van der Waals surface area contributed by atoms with E-state index in [1.54, 1.807) is 6.07 Å². The third-order valence-electron chi connectivity index (χ3n) is 1.55. The summed E-state index contributed by atoms with van der Waals surface area (Å²) in [6, 6.07) is 5.52. The van der Waals surface area contributed by atoms with Crippen LogP contribution in [-0.4, -0.2) is 13.3 Å². The average Bonchev–Trinajstić information content (AvgIpc) is 2.04. The molecule has 0 unspecified atom stereocenters. The van der Waals surface area contributed by atoms with Gasteiger partial charge in [-0.3, -0.25) is 0 Å². The summed E-state index contributed by atoms with van der Waals surface area (Å²) in [6.45, 7) is 0. The molecular weight excluding hydrogens is 138 g/mol. The average molecular weight is 149 g/mol. The first-order chi connectivity index (χ1) is 5.29. The molecule has 4 N–H and O–H groups in total. The Morgan fingerprint density at radius 1 is 1.55 bits per heavy atom. The lowest BCUT2D eigenvalue weighted by Crippen LogP contribution is -1.98. The highest BCUT2D eigenvalue weighted by atomic mass is 14.8. The van der Waals surface area contributed by atoms with Crippen molar-refractivity contribution in [3.8, 4) is 0 Å². The van der Waals surface area contributed by atoms with Gasteiger partial charge in [0.1, 0.15) is 0 Å². The van der Waals surface area contributed by atoms with Gasteiger partial charge in [-0.15, -0.1) is 0 Å². The molecule has 0 fully saturated rings. The standard InChI is InChI=1S/C8H11N3/c1-11-8-4-2-3-7(10)6(8)5-9/h2-5,9,11H,10H2,1H3. The van der Waals surface area contributed by atoms with Crippen LogP contribution in [0.4, 0.5) is 11.4 Å². The smallest absolute Gasteiger partial charge is 0.0447 e. The van der Waals surface area contributed by atoms with Crippen molar-refractivity contribution in [1.82, 2.24) is 0 Å². The van der Waals surface area contributed by atoms with Crippen LogP contribution in [-0.2, 0) is 0 Å². The van der Waals surface area contributed by atoms with Crippen molar-refractivity contribution in [2.45, 2.75) is 0 Å². The minimum Gasteiger partial charge on any atom is -0.398 e. The molecule has 3 heteroatoms. The summed E-state index contributed by atoms with van der Waals surface area (Å²) < 4.78 is 0. The van der Waals surface area contributed by atoms with E-state index in [1.807, 2.05) is 19.2 Å². The van der Waals surface area contributed by atoms with E-state index in [-0.39, 0.29) is 0 Å². The van der Waals surface area contributed by atoms with Crippen molar-refractivity contribution in [1.29, 1.82) is 5.41 Å². The first kappa shape index (κ1) is 7.60. The third kappa shape index (κ3) is 1.32. The van der Waals surface area contributed by atoms with Gasteiger partial charge in [-0.1, -0.05) is 6.07 Å². The Bertz CT molecular complexity index is 268. The molecule has 0 saturated heterocycles. The molecule has 0 aliphatic heterocycles. The summed E-state index contributed by atoms with van der Waals surface area (Å²) in [5.74, 6) is 0. The Hall–Kier alpha value is -1.51. The van der Waals surface area contributed by atoms with E-state index in [2.05, 4.69) is 5.32 Å². The lowest BCUT2D eigenvalue weighted by Gasteiger charge is -2.05. The van der Waals surface area contributed by atoms with Gasteiger partial charge in [-0.25, -0.2) is 0 Å². The lowest BCUT2D eigenvalue weighted by atomic mass is 10.1. The van der Waals surface area contributed by atoms with Gasteiger partial charge in [-0.05, 0) is 12.1 Å². The molecule has 58 valence electrons. The first-order valence-corrected chi connectivity index (χ1v) is 3.36. The lowest BCUT2D eigenvalue weighted by molar-refractivity contribution is 1.47. The van der Waals surface area contributed by atoms with Gasteiger partial charge in [0.2, 0.25) is 0 Å². The van der Waals surface area contributed by atoms with E-state index in [9.17, 15) is 0 Å². The highest BCUT2D eigenvalue weighted by Gasteiger charge is 1.99. The fraction of sp³-hybridized carbons (Fsp3) is 0.125. The van der Waals surface area contributed by atoms with Gasteiger partial charge < -0.3 is 16.5 Å². The fourth-order valence-electron chi connectivity index (χ4n) is 0.962. The predicted octanol–water partition coefficient (Wildman–Crippen LogP) is 1.31. The third-order valence-corrected chi connectivity index (χ3v) is 1.55. The van der Waals surface area contributed by atoms with Gasteiger partial charge in [0.25, 0.3) is 0 Å². The molecule has 11 heavy (non-hydrogen) atoms. The SMILES string of the molecule is CNc1cccc(N)c1C=N. The monoisotopic (exact) mass is 149 g/mol. The van der Waals surface area contributed by atoms with E-state index in [0.717, 1.165) is 11.3 Å². The maximum absolute atomic E-state index is 7.08. The number of anilines is 2. The summed E-state index contributed by atoms with van der Waals surface area (Å²) in [6.07, 6.45) is 1.25. The molecule has 1 aromatic rings. The van der Waals surface area contributed by atoms with E-state index in [4.69, 9.17) is 11.1 Å². The van der Waals surface area contributed by atoms with Crippen molar-refractivity contribution in [2.24, 2.45) is 0 Å². The van der Waals surface area contributed by atoms with Crippen molar-refractivity contribution in [3.05, 3.63) is 23.8 Å². The summed E-state index contributed by atoms with van der Waals surface area (Å²) in [5, 5.41) is 10.0. The van der Waals surface area contributed by atoms with Crippen LogP contribution >= 0.6 is 0 Å². The van der Waals surface area contributed by atoms with Crippen LogP contribution in [0, 0.1) is 5.41 Å². The summed E-state index contributed by atoms with van der Waals surface area (Å²) in [7, 11) is 1.81. The van der Waals surface area contributed by atoms with Crippen LogP contribution in [0.5, 0.6) is 0 Å². The van der Waals surface area contributed by atoms with Crippen LogP contribution in [0.2, 0.25) is 0 Å². The van der Waals surface area contributed by atoms with E-state index in [1.165, 1.54) is 6.21 Å². The Kier molecular flexibility index (Phi) is 2.11. The number of benzene rings is 1. The fourth-order valence-corrected chi connectivity index (χ4v) is 0.962. The normalized spacial score (nSPS) is 9.18. The van der Waals surface area contributed by atoms with Crippen molar-refractivity contribution in [2.75, 3.05) is 18.1 Å². The maximum Gasteiger partial charge on any atom is 0.0447 e. The minimum atomic E-state index is 0.631. The van der Waals surface area contributed by atoms with Crippen LogP contribution in [0.1, 0.15) is 5.56 Å². The Labute approximate surface area is 65.7 Å². The van der Waals surface area contributed by atoms with Crippen LogP contribution in [0.3, 0.4) is 0 Å². The van der Waals surface area contributed by atoms with Crippen LogP contribution < -0.4 is 11.1 Å². The molecule has 0 amide bonds. The van der Waals surface area contributed by atoms with Crippen molar-refractivity contribution >= 4 is 17.6 Å². The zero-order chi connectivity index (χ0) is 8.27. The number of nitrogen functional groups attached to an aromatic ring is 1. The summed E-state index contributed by atoms with van der Waals surface area (Å²) in [4.78, 5) is 0. The molecule has 0 spiro atoms. The van der Waals surface area contributed by atoms with Gasteiger partial charge in [-0.2, -0.15) is 0 Å². The second-order valence-electron chi connectivity index (χ2n) is 2.20. The number of hydrogen-bond donors (Lipinski definition) is 3. The minimum absolute atomic E-state index is 0.631. The molecule has 0 aromatic heterocycles. The topological polar surface area (TPSA) is 61.9 Å². The van der Waals surface area contributed by atoms with Gasteiger partial charge in [0.05, 0.1) is 0 Å². The van der Waals surface area contributed by atoms with Crippen LogP contribution in [0.15, 0.2) is 18.2 Å². The number of nitrogens with one attached hydrogen (secondary N) is 2. The highest BCUT2D eigenvalue weighted by Crippen LogP contribution is 2.18. The molecule has 1 rings (SSSR count). The quantitative estimate of drug-likeness (QED) is 0.438. The molecule has 0 aliphatic carbocycles. The van der Waals surface area contributed by atoms with E-state index in [0.29, 0.717) is 5.69 Å². The van der Waals surface area contributed by atoms with Crippen molar-refractivity contribution < 1.29 is 0 Å². The molecule has 1 aromatic carbocycles.